The quantitative estimate of drug-likeness (QED) is 0.602. The maximum atomic E-state index is 15.3. The second kappa shape index (κ2) is 8.87. The first kappa shape index (κ1) is 24.2. The highest BCUT2D eigenvalue weighted by Crippen LogP contribution is 2.59. The Morgan fingerprint density at radius 3 is 2.31 bits per heavy atom. The summed E-state index contributed by atoms with van der Waals surface area (Å²) in [4.78, 5) is 27.6. The van der Waals surface area contributed by atoms with E-state index in [-0.39, 0.29) is 18.3 Å². The standard InChI is InChI=1S/C27H32FN3O5/c1-27(2,3)24(29-25(32)33)22-14-31(26(34)36-22)16-7-10-18(21(28)11-16)23-19-12-30(13-20(19)23)15-5-8-17(35-4)9-6-15/h5-11,19-20,22-24,29H,12-14H2,1-4H3,(H,32,33)/t19-,20+,22-,23?,24?/m0/s1. The zero-order chi connectivity index (χ0) is 25.8. The predicted molar refractivity (Wildman–Crippen MR) is 133 cm³/mol. The van der Waals surface area contributed by atoms with Crippen molar-refractivity contribution >= 4 is 23.6 Å². The number of carbonyl (C=O) groups excluding carboxylic acids is 1. The molecule has 1 saturated carbocycles. The number of nitrogens with one attached hydrogen (secondary N) is 1. The lowest BCUT2D eigenvalue weighted by molar-refractivity contribution is 0.0754. The number of benzene rings is 2. The molecule has 36 heavy (non-hydrogen) atoms. The van der Waals surface area contributed by atoms with Crippen LogP contribution in [0.4, 0.5) is 25.4 Å². The van der Waals surface area contributed by atoms with Gasteiger partial charge in [0.15, 0.2) is 0 Å². The van der Waals surface area contributed by atoms with E-state index in [0.29, 0.717) is 23.1 Å². The van der Waals surface area contributed by atoms with Gasteiger partial charge in [0.25, 0.3) is 0 Å². The smallest absolute Gasteiger partial charge is 0.414 e. The number of cyclic esters (lactones) is 1. The van der Waals surface area contributed by atoms with E-state index >= 15 is 4.39 Å². The monoisotopic (exact) mass is 497 g/mol. The SMILES string of the molecule is COc1ccc(N2C[C@@H]3C(c4ccc(N5C[C@@H](C(NC(=O)O)C(C)(C)C)OC5=O)cc4F)[C@@H]3C2)cc1. The van der Waals surface area contributed by atoms with Crippen molar-refractivity contribution in [2.24, 2.45) is 17.3 Å². The van der Waals surface area contributed by atoms with Crippen LogP contribution in [-0.2, 0) is 4.74 Å². The number of halogens is 1. The molecule has 5 atom stereocenters. The molecule has 2 heterocycles. The fourth-order valence-corrected chi connectivity index (χ4v) is 5.82. The van der Waals surface area contributed by atoms with Crippen molar-refractivity contribution < 1.29 is 28.6 Å². The average molecular weight is 498 g/mol. The average Bonchev–Trinajstić information content (AvgIpc) is 3.14. The van der Waals surface area contributed by atoms with E-state index in [1.54, 1.807) is 19.2 Å². The number of fused-ring (bicyclic) bond motifs is 1. The molecular formula is C27H32FN3O5. The molecule has 2 aromatic rings. The zero-order valence-electron chi connectivity index (χ0n) is 20.9. The van der Waals surface area contributed by atoms with Crippen LogP contribution in [0.1, 0.15) is 32.3 Å². The van der Waals surface area contributed by atoms with Crippen molar-refractivity contribution in [1.82, 2.24) is 5.32 Å². The van der Waals surface area contributed by atoms with Crippen LogP contribution in [0.5, 0.6) is 5.75 Å². The molecule has 1 aliphatic carbocycles. The van der Waals surface area contributed by atoms with Crippen LogP contribution in [0.2, 0.25) is 0 Å². The third-order valence-corrected chi connectivity index (χ3v) is 7.71. The molecule has 2 aliphatic heterocycles. The highest BCUT2D eigenvalue weighted by atomic mass is 19.1. The normalized spacial score (nSPS) is 25.9. The number of hydrogen-bond acceptors (Lipinski definition) is 5. The van der Waals surface area contributed by atoms with Gasteiger partial charge >= 0.3 is 12.2 Å². The summed E-state index contributed by atoms with van der Waals surface area (Å²) in [5.41, 5.74) is 1.77. The van der Waals surface area contributed by atoms with E-state index < -0.39 is 29.7 Å². The highest BCUT2D eigenvalue weighted by molar-refractivity contribution is 5.90. The molecule has 2 saturated heterocycles. The second-order valence-corrected chi connectivity index (χ2v) is 11.0. The van der Waals surface area contributed by atoms with Gasteiger partial charge < -0.3 is 24.8 Å². The molecule has 2 amide bonds. The molecule has 0 spiro atoms. The predicted octanol–water partition coefficient (Wildman–Crippen LogP) is 4.69. The number of hydrogen-bond donors (Lipinski definition) is 2. The van der Waals surface area contributed by atoms with Crippen molar-refractivity contribution in [3.8, 4) is 5.75 Å². The topological polar surface area (TPSA) is 91.3 Å². The summed E-state index contributed by atoms with van der Waals surface area (Å²) >= 11 is 0. The highest BCUT2D eigenvalue weighted by Gasteiger charge is 2.57. The van der Waals surface area contributed by atoms with Crippen LogP contribution >= 0.6 is 0 Å². The van der Waals surface area contributed by atoms with Gasteiger partial charge in [0.2, 0.25) is 0 Å². The van der Waals surface area contributed by atoms with Crippen LogP contribution in [0.25, 0.3) is 0 Å². The van der Waals surface area contributed by atoms with Crippen molar-refractivity contribution in [3.63, 3.8) is 0 Å². The lowest BCUT2D eigenvalue weighted by atomic mass is 9.83. The molecule has 3 aliphatic rings. The Hall–Kier alpha value is -3.49. The first-order chi connectivity index (χ1) is 17.1. The van der Waals surface area contributed by atoms with E-state index in [0.717, 1.165) is 24.5 Å². The number of carboxylic acid groups (broad SMARTS) is 1. The minimum absolute atomic E-state index is 0.144. The van der Waals surface area contributed by atoms with Gasteiger partial charge in [0.05, 0.1) is 25.4 Å². The first-order valence-corrected chi connectivity index (χ1v) is 12.2. The Labute approximate surface area is 210 Å². The summed E-state index contributed by atoms with van der Waals surface area (Å²) in [5, 5.41) is 11.7. The number of anilines is 2. The van der Waals surface area contributed by atoms with E-state index in [2.05, 4.69) is 10.2 Å². The van der Waals surface area contributed by atoms with E-state index in [1.165, 1.54) is 11.0 Å². The molecule has 3 fully saturated rings. The molecule has 8 nitrogen and oxygen atoms in total. The van der Waals surface area contributed by atoms with E-state index in [1.807, 2.05) is 45.0 Å². The van der Waals surface area contributed by atoms with Crippen molar-refractivity contribution in [3.05, 3.63) is 53.8 Å². The largest absolute Gasteiger partial charge is 0.497 e. The summed E-state index contributed by atoms with van der Waals surface area (Å²) in [6, 6.07) is 12.3. The zero-order valence-corrected chi connectivity index (χ0v) is 20.9. The van der Waals surface area contributed by atoms with Crippen LogP contribution in [0.3, 0.4) is 0 Å². The molecule has 0 radical (unpaired) electrons. The number of ether oxygens (including phenoxy) is 2. The molecule has 2 N–H and O–H groups in total. The number of methoxy groups -OCH3 is 1. The molecule has 2 unspecified atom stereocenters. The second-order valence-electron chi connectivity index (χ2n) is 11.0. The number of carbonyl (C=O) groups is 2. The van der Waals surface area contributed by atoms with Gasteiger partial charge in [0.1, 0.15) is 17.7 Å². The summed E-state index contributed by atoms with van der Waals surface area (Å²) in [5.74, 6) is 1.49. The number of amides is 2. The Balaban J connectivity index is 1.25. The number of rotatable bonds is 6. The molecule has 0 bridgehead atoms. The Bertz CT molecular complexity index is 1150. The molecule has 5 rings (SSSR count). The maximum absolute atomic E-state index is 15.3. The van der Waals surface area contributed by atoms with Crippen molar-refractivity contribution in [1.29, 1.82) is 0 Å². The minimum atomic E-state index is -1.18. The summed E-state index contributed by atoms with van der Waals surface area (Å²) in [6.07, 6.45) is -2.46. The number of nitrogens with zero attached hydrogens (tertiary/aromatic N) is 2. The first-order valence-electron chi connectivity index (χ1n) is 12.2. The fourth-order valence-electron chi connectivity index (χ4n) is 5.82. The molecule has 2 aromatic carbocycles. The van der Waals surface area contributed by atoms with Crippen LogP contribution in [0.15, 0.2) is 42.5 Å². The Kier molecular flexibility index (Phi) is 5.97. The van der Waals surface area contributed by atoms with E-state index in [4.69, 9.17) is 9.47 Å². The fraction of sp³-hybridized carbons (Fsp3) is 0.481. The van der Waals surface area contributed by atoms with Gasteiger partial charge in [-0.3, -0.25) is 4.90 Å². The summed E-state index contributed by atoms with van der Waals surface area (Å²) in [6.45, 7) is 7.54. The molecule has 192 valence electrons. The summed E-state index contributed by atoms with van der Waals surface area (Å²) < 4.78 is 26.0. The number of piperidine rings is 1. The minimum Gasteiger partial charge on any atom is -0.497 e. The van der Waals surface area contributed by atoms with Gasteiger partial charge in [-0.2, -0.15) is 0 Å². The summed E-state index contributed by atoms with van der Waals surface area (Å²) in [7, 11) is 1.65. The molecular weight excluding hydrogens is 465 g/mol. The van der Waals surface area contributed by atoms with Gasteiger partial charge in [-0.1, -0.05) is 26.8 Å². The van der Waals surface area contributed by atoms with E-state index in [9.17, 15) is 14.7 Å². The third-order valence-electron chi connectivity index (χ3n) is 7.71. The lowest BCUT2D eigenvalue weighted by Crippen LogP contribution is -2.52. The van der Waals surface area contributed by atoms with Gasteiger partial charge in [0, 0.05) is 18.8 Å². The van der Waals surface area contributed by atoms with Crippen LogP contribution < -0.4 is 19.9 Å². The van der Waals surface area contributed by atoms with Gasteiger partial charge in [-0.15, -0.1) is 0 Å². The Morgan fingerprint density at radius 2 is 1.75 bits per heavy atom. The Morgan fingerprint density at radius 1 is 1.11 bits per heavy atom. The molecule has 0 aromatic heterocycles. The van der Waals surface area contributed by atoms with Gasteiger partial charge in [-0.05, 0) is 65.1 Å². The third kappa shape index (κ3) is 4.42. The molecule has 9 heteroatoms. The maximum Gasteiger partial charge on any atom is 0.414 e. The van der Waals surface area contributed by atoms with Crippen LogP contribution in [-0.4, -0.2) is 56.2 Å². The van der Waals surface area contributed by atoms with Crippen molar-refractivity contribution in [2.45, 2.75) is 38.8 Å². The van der Waals surface area contributed by atoms with Gasteiger partial charge in [-0.25, -0.2) is 14.0 Å². The lowest BCUT2D eigenvalue weighted by Gasteiger charge is -2.33. The van der Waals surface area contributed by atoms with Crippen LogP contribution in [0, 0.1) is 23.1 Å². The van der Waals surface area contributed by atoms with Crippen molar-refractivity contribution in [2.75, 3.05) is 36.5 Å².